The molecule has 0 heterocycles. The van der Waals surface area contributed by atoms with E-state index >= 15 is 0 Å². The maximum Gasteiger partial charge on any atom is 0.0176 e. The molecule has 1 aromatic carbocycles. The number of halogens is 1. The van der Waals surface area contributed by atoms with Gasteiger partial charge in [-0.05, 0) is 36.4 Å². The van der Waals surface area contributed by atoms with Gasteiger partial charge in [-0.1, -0.05) is 42.1 Å². The first-order valence-corrected chi connectivity index (χ1v) is 6.99. The molecule has 0 atom stereocenters. The Balaban J connectivity index is 2.15. The second-order valence-electron chi connectivity index (χ2n) is 3.36. The molecule has 1 aromatic rings. The van der Waals surface area contributed by atoms with Gasteiger partial charge in [0.25, 0.3) is 0 Å². The standard InChI is InChI=1S/C12H17BrS/c1-2-3-4-5-10-14-12-8-6-11(13)7-9-12/h6-9H,2-5,10H2,1H3. The van der Waals surface area contributed by atoms with E-state index in [1.54, 1.807) is 0 Å². The van der Waals surface area contributed by atoms with Crippen LogP contribution in [-0.2, 0) is 0 Å². The summed E-state index contributed by atoms with van der Waals surface area (Å²) in [5.74, 6) is 1.25. The Kier molecular flexibility index (Phi) is 6.37. The summed E-state index contributed by atoms with van der Waals surface area (Å²) in [6, 6.07) is 8.56. The SMILES string of the molecule is CCCCCCSc1ccc(Br)cc1. The Bertz CT molecular complexity index is 243. The molecule has 0 spiro atoms. The van der Waals surface area contributed by atoms with Gasteiger partial charge in [-0.3, -0.25) is 0 Å². The molecule has 0 saturated heterocycles. The molecule has 0 aliphatic rings. The summed E-state index contributed by atoms with van der Waals surface area (Å²) in [5, 5.41) is 0. The molecule has 14 heavy (non-hydrogen) atoms. The minimum atomic E-state index is 1.16. The lowest BCUT2D eigenvalue weighted by Crippen LogP contribution is -1.80. The van der Waals surface area contributed by atoms with Gasteiger partial charge in [0, 0.05) is 9.37 Å². The van der Waals surface area contributed by atoms with E-state index in [-0.39, 0.29) is 0 Å². The quantitative estimate of drug-likeness (QED) is 0.512. The van der Waals surface area contributed by atoms with Gasteiger partial charge in [0.15, 0.2) is 0 Å². The monoisotopic (exact) mass is 272 g/mol. The molecule has 0 radical (unpaired) electrons. The van der Waals surface area contributed by atoms with Gasteiger partial charge in [-0.15, -0.1) is 11.8 Å². The second kappa shape index (κ2) is 7.36. The first-order chi connectivity index (χ1) is 6.83. The maximum atomic E-state index is 3.44. The molecule has 0 unspecified atom stereocenters. The Morgan fingerprint density at radius 2 is 1.79 bits per heavy atom. The van der Waals surface area contributed by atoms with Crippen molar-refractivity contribution in [2.75, 3.05) is 5.75 Å². The highest BCUT2D eigenvalue weighted by Crippen LogP contribution is 2.21. The first-order valence-electron chi connectivity index (χ1n) is 5.21. The van der Waals surface area contributed by atoms with Crippen LogP contribution in [0.2, 0.25) is 0 Å². The summed E-state index contributed by atoms with van der Waals surface area (Å²) in [5.41, 5.74) is 0. The van der Waals surface area contributed by atoms with Gasteiger partial charge in [-0.25, -0.2) is 0 Å². The third kappa shape index (κ3) is 5.06. The van der Waals surface area contributed by atoms with Crippen molar-refractivity contribution in [2.24, 2.45) is 0 Å². The highest BCUT2D eigenvalue weighted by Gasteiger charge is 1.93. The van der Waals surface area contributed by atoms with Gasteiger partial charge in [0.2, 0.25) is 0 Å². The Morgan fingerprint density at radius 3 is 2.43 bits per heavy atom. The minimum absolute atomic E-state index is 1.16. The van der Waals surface area contributed by atoms with Crippen LogP contribution in [0.4, 0.5) is 0 Å². The van der Waals surface area contributed by atoms with Crippen molar-refractivity contribution in [1.82, 2.24) is 0 Å². The van der Waals surface area contributed by atoms with Crippen LogP contribution in [-0.4, -0.2) is 5.75 Å². The molecule has 0 amide bonds. The van der Waals surface area contributed by atoms with Crippen molar-refractivity contribution >= 4 is 27.7 Å². The predicted molar refractivity (Wildman–Crippen MR) is 69.0 cm³/mol. The Labute approximate surface area is 99.6 Å². The van der Waals surface area contributed by atoms with Gasteiger partial charge in [-0.2, -0.15) is 0 Å². The number of benzene rings is 1. The van der Waals surface area contributed by atoms with Crippen molar-refractivity contribution in [3.8, 4) is 0 Å². The van der Waals surface area contributed by atoms with Crippen molar-refractivity contribution in [3.05, 3.63) is 28.7 Å². The van der Waals surface area contributed by atoms with Gasteiger partial charge in [0.05, 0.1) is 0 Å². The minimum Gasteiger partial charge on any atom is -0.126 e. The number of thioether (sulfide) groups is 1. The highest BCUT2D eigenvalue weighted by atomic mass is 79.9. The van der Waals surface area contributed by atoms with Crippen LogP contribution >= 0.6 is 27.7 Å². The number of unbranched alkanes of at least 4 members (excludes halogenated alkanes) is 3. The molecule has 0 aromatic heterocycles. The van der Waals surface area contributed by atoms with Crippen molar-refractivity contribution in [1.29, 1.82) is 0 Å². The van der Waals surface area contributed by atoms with Crippen LogP contribution in [0.15, 0.2) is 33.6 Å². The van der Waals surface area contributed by atoms with E-state index < -0.39 is 0 Å². The zero-order valence-electron chi connectivity index (χ0n) is 8.63. The molecule has 0 bridgehead atoms. The van der Waals surface area contributed by atoms with Crippen LogP contribution < -0.4 is 0 Å². The lowest BCUT2D eigenvalue weighted by Gasteiger charge is -2.01. The molecule has 0 N–H and O–H groups in total. The average Bonchev–Trinajstić information content (AvgIpc) is 2.21. The lowest BCUT2D eigenvalue weighted by molar-refractivity contribution is 0.706. The molecule has 0 aliphatic carbocycles. The fraction of sp³-hybridized carbons (Fsp3) is 0.500. The average molecular weight is 273 g/mol. The van der Waals surface area contributed by atoms with Crippen LogP contribution in [0.1, 0.15) is 32.6 Å². The lowest BCUT2D eigenvalue weighted by atomic mass is 10.2. The maximum absolute atomic E-state index is 3.44. The number of hydrogen-bond acceptors (Lipinski definition) is 1. The van der Waals surface area contributed by atoms with E-state index in [0.717, 1.165) is 4.47 Å². The van der Waals surface area contributed by atoms with Gasteiger partial charge >= 0.3 is 0 Å². The van der Waals surface area contributed by atoms with Gasteiger partial charge in [0.1, 0.15) is 0 Å². The summed E-state index contributed by atoms with van der Waals surface area (Å²) >= 11 is 5.40. The fourth-order valence-corrected chi connectivity index (χ4v) is 2.43. The molecule has 0 nitrogen and oxygen atoms in total. The van der Waals surface area contributed by atoms with Crippen molar-refractivity contribution in [2.45, 2.75) is 37.5 Å². The molecule has 78 valence electrons. The third-order valence-corrected chi connectivity index (χ3v) is 3.71. The van der Waals surface area contributed by atoms with E-state index in [4.69, 9.17) is 0 Å². The third-order valence-electron chi connectivity index (χ3n) is 2.08. The molecule has 0 fully saturated rings. The Hall–Kier alpha value is 0.0500. The first kappa shape index (κ1) is 12.1. The van der Waals surface area contributed by atoms with E-state index in [0.29, 0.717) is 0 Å². The number of rotatable bonds is 6. The molecule has 2 heteroatoms. The number of hydrogen-bond donors (Lipinski definition) is 0. The molecular formula is C12H17BrS. The zero-order chi connectivity index (χ0) is 10.2. The van der Waals surface area contributed by atoms with Crippen LogP contribution in [0.5, 0.6) is 0 Å². The molecule has 1 rings (SSSR count). The second-order valence-corrected chi connectivity index (χ2v) is 5.45. The fourth-order valence-electron chi connectivity index (χ4n) is 1.25. The van der Waals surface area contributed by atoms with Crippen LogP contribution in [0.3, 0.4) is 0 Å². The van der Waals surface area contributed by atoms with E-state index in [9.17, 15) is 0 Å². The molecule has 0 saturated carbocycles. The van der Waals surface area contributed by atoms with E-state index in [2.05, 4.69) is 47.1 Å². The van der Waals surface area contributed by atoms with Gasteiger partial charge < -0.3 is 0 Å². The van der Waals surface area contributed by atoms with Crippen molar-refractivity contribution < 1.29 is 0 Å². The summed E-state index contributed by atoms with van der Waals surface area (Å²) in [7, 11) is 0. The highest BCUT2D eigenvalue weighted by molar-refractivity contribution is 9.10. The van der Waals surface area contributed by atoms with E-state index in [1.807, 2.05) is 11.8 Å². The topological polar surface area (TPSA) is 0 Å². The molecule has 0 aliphatic heterocycles. The molecular weight excluding hydrogens is 256 g/mol. The summed E-state index contributed by atoms with van der Waals surface area (Å²) in [6.07, 6.45) is 5.42. The predicted octanol–water partition coefficient (Wildman–Crippen LogP) is 5.12. The summed E-state index contributed by atoms with van der Waals surface area (Å²) in [6.45, 7) is 2.25. The van der Waals surface area contributed by atoms with E-state index in [1.165, 1.54) is 36.3 Å². The normalized spacial score (nSPS) is 10.4. The zero-order valence-corrected chi connectivity index (χ0v) is 11.0. The van der Waals surface area contributed by atoms with Crippen molar-refractivity contribution in [3.63, 3.8) is 0 Å². The Morgan fingerprint density at radius 1 is 1.07 bits per heavy atom. The largest absolute Gasteiger partial charge is 0.126 e. The summed E-state index contributed by atoms with van der Waals surface area (Å²) in [4.78, 5) is 1.38. The van der Waals surface area contributed by atoms with Crippen LogP contribution in [0.25, 0.3) is 0 Å². The van der Waals surface area contributed by atoms with Crippen LogP contribution in [0, 0.1) is 0 Å². The summed E-state index contributed by atoms with van der Waals surface area (Å²) < 4.78 is 1.16. The smallest absolute Gasteiger partial charge is 0.0176 e.